The Morgan fingerprint density at radius 1 is 1.36 bits per heavy atom. The van der Waals surface area contributed by atoms with Gasteiger partial charge in [-0.1, -0.05) is 6.92 Å². The Hall–Kier alpha value is -0.0297. The van der Waals surface area contributed by atoms with Gasteiger partial charge >= 0.3 is 6.16 Å². The zero-order chi connectivity index (χ0) is 8.78. The summed E-state index contributed by atoms with van der Waals surface area (Å²) in [6, 6.07) is 0. The number of aliphatic hydroxyl groups is 1. The second kappa shape index (κ2) is 8.07. The molecule has 1 radical (unpaired) electrons. The summed E-state index contributed by atoms with van der Waals surface area (Å²) >= 11 is 0. The van der Waals surface area contributed by atoms with Crippen LogP contribution in [0, 0.1) is 0 Å². The molecule has 5 heteroatoms. The Balaban J connectivity index is -0.000000114. The molecule has 0 saturated carbocycles. The summed E-state index contributed by atoms with van der Waals surface area (Å²) in [5, 5.41) is 22.8. The number of hydrogen-bond acceptors (Lipinski definition) is 2. The summed E-state index contributed by atoms with van der Waals surface area (Å²) < 4.78 is 0. The van der Waals surface area contributed by atoms with Crippen LogP contribution in [-0.2, 0) is 22.4 Å². The maximum Gasteiger partial charge on any atom is 0.503 e. The van der Waals surface area contributed by atoms with Crippen molar-refractivity contribution >= 4 is 6.16 Å². The van der Waals surface area contributed by atoms with Crippen LogP contribution in [0.5, 0.6) is 0 Å². The number of hydrogen-bond donors (Lipinski definition) is 3. The first-order valence-electron chi connectivity index (χ1n) is 2.94. The summed E-state index contributed by atoms with van der Waals surface area (Å²) in [6.45, 7) is 5.56. The molecule has 0 aliphatic rings. The summed E-state index contributed by atoms with van der Waals surface area (Å²) in [5.41, 5.74) is -0.458. The van der Waals surface area contributed by atoms with E-state index in [2.05, 4.69) is 0 Å². The first kappa shape index (κ1) is 17.2. The standard InChI is InChI=1S/C5H12O.CH2O3.Ag/c1-4-5(2,3)6;2-1(3)4;/h6H,4H2,1-3H3;(H2,2,3,4);. The Labute approximate surface area is 81.7 Å². The molecule has 0 rings (SSSR count). The van der Waals surface area contributed by atoms with Crippen LogP contribution in [-0.4, -0.2) is 27.1 Å². The molecule has 0 fully saturated rings. The van der Waals surface area contributed by atoms with Crippen molar-refractivity contribution in [3.8, 4) is 0 Å². The van der Waals surface area contributed by atoms with Gasteiger partial charge in [-0.3, -0.25) is 0 Å². The second-order valence-corrected chi connectivity index (χ2v) is 2.45. The maximum absolute atomic E-state index is 8.83. The van der Waals surface area contributed by atoms with Crippen molar-refractivity contribution < 1.29 is 42.5 Å². The van der Waals surface area contributed by atoms with E-state index in [0.29, 0.717) is 0 Å². The van der Waals surface area contributed by atoms with E-state index >= 15 is 0 Å². The molecular formula is C6H14AgO4. The molecule has 0 aromatic rings. The van der Waals surface area contributed by atoms with Gasteiger partial charge in [-0.2, -0.15) is 0 Å². The molecule has 3 N–H and O–H groups in total. The molecule has 0 heterocycles. The third-order valence-corrected chi connectivity index (χ3v) is 0.865. The van der Waals surface area contributed by atoms with Gasteiger partial charge in [-0.15, -0.1) is 0 Å². The molecule has 0 spiro atoms. The van der Waals surface area contributed by atoms with Crippen molar-refractivity contribution in [1.82, 2.24) is 0 Å². The predicted molar refractivity (Wildman–Crippen MR) is 37.2 cm³/mol. The molecule has 0 aromatic heterocycles. The van der Waals surface area contributed by atoms with E-state index in [4.69, 9.17) is 20.1 Å². The summed E-state index contributed by atoms with van der Waals surface area (Å²) in [7, 11) is 0. The molecule has 0 aliphatic heterocycles. The van der Waals surface area contributed by atoms with Gasteiger partial charge in [0.15, 0.2) is 0 Å². The van der Waals surface area contributed by atoms with Crippen LogP contribution in [0.2, 0.25) is 0 Å². The Morgan fingerprint density at radius 3 is 1.45 bits per heavy atom. The Morgan fingerprint density at radius 2 is 1.45 bits per heavy atom. The molecule has 0 amide bonds. The predicted octanol–water partition coefficient (Wildman–Crippen LogP) is 1.39. The molecule has 0 aromatic carbocycles. The molecule has 11 heavy (non-hydrogen) atoms. The average Bonchev–Trinajstić information content (AvgIpc) is 1.63. The second-order valence-electron chi connectivity index (χ2n) is 2.45. The first-order valence-corrected chi connectivity index (χ1v) is 2.94. The van der Waals surface area contributed by atoms with Crippen LogP contribution in [0.15, 0.2) is 0 Å². The molecule has 0 aliphatic carbocycles. The third-order valence-electron chi connectivity index (χ3n) is 0.865. The fourth-order valence-electron chi connectivity index (χ4n) is 0. The minimum Gasteiger partial charge on any atom is -0.450 e. The van der Waals surface area contributed by atoms with Crippen LogP contribution in [0.3, 0.4) is 0 Å². The normalized spacial score (nSPS) is 8.73. The number of carboxylic acid groups (broad SMARTS) is 2. The van der Waals surface area contributed by atoms with Crippen LogP contribution < -0.4 is 0 Å². The van der Waals surface area contributed by atoms with Gasteiger partial charge in [-0.05, 0) is 20.3 Å². The van der Waals surface area contributed by atoms with E-state index in [-0.39, 0.29) is 22.4 Å². The first-order chi connectivity index (χ1) is 4.29. The van der Waals surface area contributed by atoms with E-state index in [9.17, 15) is 0 Å². The molecule has 0 bridgehead atoms. The van der Waals surface area contributed by atoms with Gasteiger partial charge in [0.25, 0.3) is 0 Å². The van der Waals surface area contributed by atoms with Gasteiger partial charge < -0.3 is 15.3 Å². The van der Waals surface area contributed by atoms with Gasteiger partial charge in [0.1, 0.15) is 0 Å². The summed E-state index contributed by atoms with van der Waals surface area (Å²) in [6.07, 6.45) is -1.01. The van der Waals surface area contributed by atoms with Crippen molar-refractivity contribution in [3.63, 3.8) is 0 Å². The average molecular weight is 258 g/mol. The van der Waals surface area contributed by atoms with E-state index in [1.165, 1.54) is 0 Å². The van der Waals surface area contributed by atoms with Gasteiger partial charge in [0, 0.05) is 22.4 Å². The molecule has 0 unspecified atom stereocenters. The quantitative estimate of drug-likeness (QED) is 0.621. The van der Waals surface area contributed by atoms with Crippen molar-refractivity contribution in [2.45, 2.75) is 32.8 Å². The number of carbonyl (C=O) groups is 1. The van der Waals surface area contributed by atoms with Crippen molar-refractivity contribution in [3.05, 3.63) is 0 Å². The molecule has 0 atom stereocenters. The van der Waals surface area contributed by atoms with Crippen LogP contribution in [0.4, 0.5) is 4.79 Å². The molecule has 73 valence electrons. The van der Waals surface area contributed by atoms with Crippen LogP contribution in [0.1, 0.15) is 27.2 Å². The van der Waals surface area contributed by atoms with Crippen LogP contribution >= 0.6 is 0 Å². The summed E-state index contributed by atoms with van der Waals surface area (Å²) in [4.78, 5) is 8.56. The molecule has 0 saturated heterocycles. The SMILES string of the molecule is CCC(C)(C)O.O=C(O)O.[Ag]. The fraction of sp³-hybridized carbons (Fsp3) is 0.833. The molecular weight excluding hydrogens is 244 g/mol. The third kappa shape index (κ3) is 71.8. The topological polar surface area (TPSA) is 77.8 Å². The van der Waals surface area contributed by atoms with Gasteiger partial charge in [-0.25, -0.2) is 4.79 Å². The zero-order valence-electron chi connectivity index (χ0n) is 6.76. The Bertz CT molecular complexity index is 93.2. The smallest absolute Gasteiger partial charge is 0.450 e. The number of rotatable bonds is 1. The monoisotopic (exact) mass is 257 g/mol. The van der Waals surface area contributed by atoms with E-state index < -0.39 is 11.8 Å². The van der Waals surface area contributed by atoms with Crippen molar-refractivity contribution in [2.24, 2.45) is 0 Å². The fourth-order valence-corrected chi connectivity index (χ4v) is 0. The zero-order valence-corrected chi connectivity index (χ0v) is 8.24. The molecule has 4 nitrogen and oxygen atoms in total. The van der Waals surface area contributed by atoms with E-state index in [1.54, 1.807) is 13.8 Å². The van der Waals surface area contributed by atoms with Gasteiger partial charge in [0.2, 0.25) is 0 Å². The maximum atomic E-state index is 8.83. The summed E-state index contributed by atoms with van der Waals surface area (Å²) in [5.74, 6) is 0. The Kier molecular flexibility index (Phi) is 12.6. The minimum atomic E-state index is -1.83. The van der Waals surface area contributed by atoms with E-state index in [1.807, 2.05) is 6.92 Å². The van der Waals surface area contributed by atoms with E-state index in [0.717, 1.165) is 6.42 Å². The van der Waals surface area contributed by atoms with Crippen molar-refractivity contribution in [2.75, 3.05) is 0 Å². The van der Waals surface area contributed by atoms with Crippen LogP contribution in [0.25, 0.3) is 0 Å². The van der Waals surface area contributed by atoms with Crippen molar-refractivity contribution in [1.29, 1.82) is 0 Å². The minimum absolute atomic E-state index is 0. The van der Waals surface area contributed by atoms with Gasteiger partial charge in [0.05, 0.1) is 5.60 Å². The largest absolute Gasteiger partial charge is 0.503 e.